The highest BCUT2D eigenvalue weighted by Crippen LogP contribution is 2.30. The molecule has 2 aromatic heterocycles. The standard InChI is InChI=1S/C17H17N3O2S/c1-3-22-10-15(21)19-13-7-6-12(9-11(13)2)16-20-14-5-4-8-18-17(14)23-16/h4-9H,3,10H2,1-2H3,(H,19,21). The molecule has 1 N–H and O–H groups in total. The molecule has 118 valence electrons. The normalized spacial score (nSPS) is 10.9. The lowest BCUT2D eigenvalue weighted by molar-refractivity contribution is -0.120. The fourth-order valence-corrected chi connectivity index (χ4v) is 3.12. The van der Waals surface area contributed by atoms with E-state index in [2.05, 4.69) is 15.3 Å². The number of aromatic nitrogens is 2. The predicted molar refractivity (Wildman–Crippen MR) is 92.7 cm³/mol. The van der Waals surface area contributed by atoms with Crippen LogP contribution in [0.4, 0.5) is 5.69 Å². The lowest BCUT2D eigenvalue weighted by Gasteiger charge is -2.09. The maximum absolute atomic E-state index is 11.7. The first-order chi connectivity index (χ1) is 11.2. The van der Waals surface area contributed by atoms with Crippen LogP contribution in [0.25, 0.3) is 20.9 Å². The number of carbonyl (C=O) groups is 1. The molecule has 3 rings (SSSR count). The summed E-state index contributed by atoms with van der Waals surface area (Å²) in [6.45, 7) is 4.42. The Morgan fingerprint density at radius 2 is 2.22 bits per heavy atom. The zero-order valence-corrected chi connectivity index (χ0v) is 13.8. The molecule has 0 aliphatic carbocycles. The highest BCUT2D eigenvalue weighted by atomic mass is 32.1. The van der Waals surface area contributed by atoms with E-state index in [9.17, 15) is 4.79 Å². The highest BCUT2D eigenvalue weighted by Gasteiger charge is 2.10. The average molecular weight is 327 g/mol. The molecular formula is C17H17N3O2S. The van der Waals surface area contributed by atoms with Crippen LogP contribution in [0.2, 0.25) is 0 Å². The lowest BCUT2D eigenvalue weighted by Crippen LogP contribution is -2.18. The summed E-state index contributed by atoms with van der Waals surface area (Å²) in [5.41, 5.74) is 3.70. The minimum atomic E-state index is -0.146. The maximum Gasteiger partial charge on any atom is 0.250 e. The van der Waals surface area contributed by atoms with E-state index < -0.39 is 0 Å². The van der Waals surface area contributed by atoms with E-state index in [0.717, 1.165) is 32.2 Å². The van der Waals surface area contributed by atoms with Crippen molar-refractivity contribution in [2.24, 2.45) is 0 Å². The van der Waals surface area contributed by atoms with Gasteiger partial charge in [0.05, 0.1) is 0 Å². The van der Waals surface area contributed by atoms with Crippen molar-refractivity contribution in [2.75, 3.05) is 18.5 Å². The molecule has 0 unspecified atom stereocenters. The Bertz CT molecular complexity index is 812. The molecule has 0 spiro atoms. The third-order valence-electron chi connectivity index (χ3n) is 3.35. The Hall–Kier alpha value is -2.31. The number of ether oxygens (including phenoxy) is 1. The first-order valence-corrected chi connectivity index (χ1v) is 8.19. The Labute approximate surface area is 138 Å². The Morgan fingerprint density at radius 1 is 1.35 bits per heavy atom. The minimum absolute atomic E-state index is 0.0707. The Balaban J connectivity index is 1.82. The second kappa shape index (κ2) is 6.85. The minimum Gasteiger partial charge on any atom is -0.372 e. The number of thiazole rings is 1. The first-order valence-electron chi connectivity index (χ1n) is 7.37. The Kier molecular flexibility index (Phi) is 4.64. The van der Waals surface area contributed by atoms with E-state index in [1.807, 2.05) is 44.2 Å². The zero-order valence-electron chi connectivity index (χ0n) is 13.0. The topological polar surface area (TPSA) is 64.1 Å². The number of fused-ring (bicyclic) bond motifs is 1. The number of anilines is 1. The van der Waals surface area contributed by atoms with Crippen LogP contribution in [0.15, 0.2) is 36.5 Å². The van der Waals surface area contributed by atoms with Gasteiger partial charge in [0.2, 0.25) is 5.91 Å². The molecule has 2 heterocycles. The molecule has 0 radical (unpaired) electrons. The van der Waals surface area contributed by atoms with Crippen LogP contribution >= 0.6 is 11.3 Å². The van der Waals surface area contributed by atoms with E-state index in [1.54, 1.807) is 17.5 Å². The number of amides is 1. The maximum atomic E-state index is 11.7. The molecule has 0 fully saturated rings. The monoisotopic (exact) mass is 327 g/mol. The van der Waals surface area contributed by atoms with Crippen molar-refractivity contribution >= 4 is 33.3 Å². The van der Waals surface area contributed by atoms with Gasteiger partial charge in [0.15, 0.2) is 0 Å². The van der Waals surface area contributed by atoms with Gasteiger partial charge in [0, 0.05) is 24.1 Å². The van der Waals surface area contributed by atoms with Crippen LogP contribution in [0.1, 0.15) is 12.5 Å². The summed E-state index contributed by atoms with van der Waals surface area (Å²) in [6.07, 6.45) is 1.77. The fourth-order valence-electron chi connectivity index (χ4n) is 2.21. The summed E-state index contributed by atoms with van der Waals surface area (Å²) in [6, 6.07) is 9.72. The lowest BCUT2D eigenvalue weighted by atomic mass is 10.1. The number of hydrogen-bond donors (Lipinski definition) is 1. The van der Waals surface area contributed by atoms with Crippen LogP contribution in [-0.2, 0) is 9.53 Å². The number of carbonyl (C=O) groups excluding carboxylic acids is 1. The third kappa shape index (κ3) is 3.55. The summed E-state index contributed by atoms with van der Waals surface area (Å²) in [5, 5.41) is 3.78. The molecule has 0 bridgehead atoms. The summed E-state index contributed by atoms with van der Waals surface area (Å²) >= 11 is 1.56. The molecule has 6 heteroatoms. The number of pyridine rings is 1. The van der Waals surface area contributed by atoms with Crippen molar-refractivity contribution in [3.05, 3.63) is 42.1 Å². The SMILES string of the molecule is CCOCC(=O)Nc1ccc(-c2nc3cccnc3s2)cc1C. The average Bonchev–Trinajstić information content (AvgIpc) is 2.99. The van der Waals surface area contributed by atoms with Crippen molar-refractivity contribution in [1.29, 1.82) is 0 Å². The predicted octanol–water partition coefficient (Wildman–Crippen LogP) is 3.64. The van der Waals surface area contributed by atoms with Crippen molar-refractivity contribution < 1.29 is 9.53 Å². The second-order valence-corrected chi connectivity index (χ2v) is 6.04. The van der Waals surface area contributed by atoms with Crippen LogP contribution in [0, 0.1) is 6.92 Å². The van der Waals surface area contributed by atoms with Crippen LogP contribution in [-0.4, -0.2) is 29.1 Å². The van der Waals surface area contributed by atoms with Crippen LogP contribution in [0.5, 0.6) is 0 Å². The largest absolute Gasteiger partial charge is 0.372 e. The van der Waals surface area contributed by atoms with Gasteiger partial charge in [-0.2, -0.15) is 0 Å². The number of aryl methyl sites for hydroxylation is 1. The molecule has 0 aliphatic heterocycles. The van der Waals surface area contributed by atoms with Gasteiger partial charge in [0.1, 0.15) is 22.0 Å². The number of rotatable bonds is 5. The molecule has 0 aliphatic rings. The van der Waals surface area contributed by atoms with Gasteiger partial charge < -0.3 is 10.1 Å². The molecule has 0 saturated heterocycles. The van der Waals surface area contributed by atoms with Crippen molar-refractivity contribution in [3.63, 3.8) is 0 Å². The zero-order chi connectivity index (χ0) is 16.2. The van der Waals surface area contributed by atoms with Gasteiger partial charge in [-0.25, -0.2) is 9.97 Å². The molecule has 3 aromatic rings. The summed E-state index contributed by atoms with van der Waals surface area (Å²) in [7, 11) is 0. The van der Waals surface area contributed by atoms with E-state index in [4.69, 9.17) is 4.74 Å². The molecular weight excluding hydrogens is 310 g/mol. The van der Waals surface area contributed by atoms with Crippen LogP contribution < -0.4 is 5.32 Å². The quantitative estimate of drug-likeness (QED) is 0.777. The van der Waals surface area contributed by atoms with E-state index >= 15 is 0 Å². The number of benzene rings is 1. The summed E-state index contributed by atoms with van der Waals surface area (Å²) in [5.74, 6) is -0.146. The van der Waals surface area contributed by atoms with E-state index in [0.29, 0.717) is 6.61 Å². The molecule has 5 nitrogen and oxygen atoms in total. The van der Waals surface area contributed by atoms with Crippen molar-refractivity contribution in [3.8, 4) is 10.6 Å². The van der Waals surface area contributed by atoms with Gasteiger partial charge in [0.25, 0.3) is 0 Å². The van der Waals surface area contributed by atoms with Gasteiger partial charge >= 0.3 is 0 Å². The fraction of sp³-hybridized carbons (Fsp3) is 0.235. The molecule has 0 saturated carbocycles. The van der Waals surface area contributed by atoms with Gasteiger partial charge in [-0.15, -0.1) is 0 Å². The van der Waals surface area contributed by atoms with Gasteiger partial charge in [-0.05, 0) is 49.7 Å². The van der Waals surface area contributed by atoms with Crippen LogP contribution in [0.3, 0.4) is 0 Å². The molecule has 0 atom stereocenters. The van der Waals surface area contributed by atoms with Crippen molar-refractivity contribution in [2.45, 2.75) is 13.8 Å². The van der Waals surface area contributed by atoms with Crippen molar-refractivity contribution in [1.82, 2.24) is 9.97 Å². The van der Waals surface area contributed by atoms with E-state index in [-0.39, 0.29) is 12.5 Å². The number of nitrogens with zero attached hydrogens (tertiary/aromatic N) is 2. The van der Waals surface area contributed by atoms with Gasteiger partial charge in [-0.3, -0.25) is 4.79 Å². The third-order valence-corrected chi connectivity index (χ3v) is 4.38. The molecule has 1 aromatic carbocycles. The van der Waals surface area contributed by atoms with E-state index in [1.165, 1.54) is 0 Å². The summed E-state index contributed by atoms with van der Waals surface area (Å²) in [4.78, 5) is 21.6. The Morgan fingerprint density at radius 3 is 2.96 bits per heavy atom. The first kappa shape index (κ1) is 15.6. The van der Waals surface area contributed by atoms with Gasteiger partial charge in [-0.1, -0.05) is 11.3 Å². The number of nitrogens with one attached hydrogen (secondary N) is 1. The summed E-state index contributed by atoms with van der Waals surface area (Å²) < 4.78 is 5.11. The number of hydrogen-bond acceptors (Lipinski definition) is 5. The smallest absolute Gasteiger partial charge is 0.250 e. The molecule has 1 amide bonds. The molecule has 23 heavy (non-hydrogen) atoms. The second-order valence-electron chi connectivity index (χ2n) is 5.06. The highest BCUT2D eigenvalue weighted by molar-refractivity contribution is 7.21.